The van der Waals surface area contributed by atoms with Crippen molar-refractivity contribution in [1.82, 2.24) is 15.2 Å². The lowest BCUT2D eigenvalue weighted by molar-refractivity contribution is 0.967. The minimum Gasteiger partial charge on any atom is -0.244 e. The summed E-state index contributed by atoms with van der Waals surface area (Å²) in [6.07, 6.45) is 3.22. The molecule has 0 radical (unpaired) electrons. The average Bonchev–Trinajstić information content (AvgIpc) is 2.58. The van der Waals surface area contributed by atoms with Crippen molar-refractivity contribution in [3.8, 4) is 11.3 Å². The Balaban J connectivity index is 1.75. The minimum absolute atomic E-state index is 0.324. The normalized spacial score (nSPS) is 10.8. The van der Waals surface area contributed by atoms with Crippen LogP contribution < -0.4 is 5.43 Å². The van der Waals surface area contributed by atoms with E-state index in [0.29, 0.717) is 11.0 Å². The summed E-state index contributed by atoms with van der Waals surface area (Å²) >= 11 is 6.05. The Morgan fingerprint density at radius 3 is 2.59 bits per heavy atom. The highest BCUT2D eigenvalue weighted by atomic mass is 35.5. The Morgan fingerprint density at radius 2 is 1.77 bits per heavy atom. The summed E-state index contributed by atoms with van der Waals surface area (Å²) in [6, 6.07) is 17.2. The third-order valence-corrected chi connectivity index (χ3v) is 3.25. The molecule has 6 heteroatoms. The smallest absolute Gasteiger partial charge is 0.244 e. The molecule has 3 rings (SSSR count). The molecule has 1 N–H and O–H groups in total. The first-order valence-corrected chi connectivity index (χ1v) is 6.99. The maximum Gasteiger partial charge on any atom is 0.263 e. The number of halogens is 1. The van der Waals surface area contributed by atoms with Crippen LogP contribution in [0.25, 0.3) is 11.3 Å². The molecule has 0 aliphatic carbocycles. The molecule has 1 aromatic heterocycles. The molecule has 0 bridgehead atoms. The summed E-state index contributed by atoms with van der Waals surface area (Å²) in [4.78, 5) is 4.37. The standard InChI is InChI=1S/C16H12ClN5/c17-14-9-5-4-8-13(14)10-18-21-16-20-15(11-19-22-16)12-6-2-1-3-7-12/h1-11H,(H,20,21,22). The van der Waals surface area contributed by atoms with Crippen LogP contribution in [-0.4, -0.2) is 21.4 Å². The van der Waals surface area contributed by atoms with Gasteiger partial charge in [0.05, 0.1) is 18.1 Å². The van der Waals surface area contributed by atoms with Gasteiger partial charge >= 0.3 is 0 Å². The largest absolute Gasteiger partial charge is 0.263 e. The zero-order chi connectivity index (χ0) is 15.2. The Morgan fingerprint density at radius 1 is 1.00 bits per heavy atom. The Labute approximate surface area is 132 Å². The van der Waals surface area contributed by atoms with Gasteiger partial charge in [0.2, 0.25) is 0 Å². The third kappa shape index (κ3) is 3.45. The molecule has 2 aromatic carbocycles. The molecule has 0 saturated heterocycles. The van der Waals surface area contributed by atoms with Crippen molar-refractivity contribution in [2.24, 2.45) is 5.10 Å². The number of nitrogens with one attached hydrogen (secondary N) is 1. The first-order chi connectivity index (χ1) is 10.8. The summed E-state index contributed by atoms with van der Waals surface area (Å²) in [7, 11) is 0. The molecule has 22 heavy (non-hydrogen) atoms. The van der Waals surface area contributed by atoms with Gasteiger partial charge in [0.25, 0.3) is 5.95 Å². The molecule has 0 unspecified atom stereocenters. The van der Waals surface area contributed by atoms with Crippen LogP contribution in [-0.2, 0) is 0 Å². The van der Waals surface area contributed by atoms with E-state index in [1.807, 2.05) is 48.5 Å². The number of hydrogen-bond acceptors (Lipinski definition) is 5. The van der Waals surface area contributed by atoms with Gasteiger partial charge < -0.3 is 0 Å². The number of hydrogen-bond donors (Lipinski definition) is 1. The second-order valence-corrected chi connectivity index (χ2v) is 4.83. The van der Waals surface area contributed by atoms with Crippen molar-refractivity contribution in [3.05, 3.63) is 71.4 Å². The zero-order valence-corrected chi connectivity index (χ0v) is 12.3. The molecule has 0 aliphatic heterocycles. The maximum absolute atomic E-state index is 6.05. The van der Waals surface area contributed by atoms with Gasteiger partial charge in [-0.3, -0.25) is 0 Å². The van der Waals surface area contributed by atoms with Crippen molar-refractivity contribution in [2.45, 2.75) is 0 Å². The quantitative estimate of drug-likeness (QED) is 0.590. The van der Waals surface area contributed by atoms with Crippen LogP contribution in [0.5, 0.6) is 0 Å². The molecule has 0 spiro atoms. The summed E-state index contributed by atoms with van der Waals surface area (Å²) in [5.41, 5.74) is 5.26. The van der Waals surface area contributed by atoms with E-state index >= 15 is 0 Å². The lowest BCUT2D eigenvalue weighted by atomic mass is 10.2. The van der Waals surface area contributed by atoms with Crippen LogP contribution in [0.1, 0.15) is 5.56 Å². The van der Waals surface area contributed by atoms with Crippen molar-refractivity contribution in [2.75, 3.05) is 5.43 Å². The predicted octanol–water partition coefficient (Wildman–Crippen LogP) is 3.64. The molecule has 0 saturated carbocycles. The first-order valence-electron chi connectivity index (χ1n) is 6.62. The summed E-state index contributed by atoms with van der Waals surface area (Å²) in [5.74, 6) is 0.324. The van der Waals surface area contributed by atoms with Crippen LogP contribution in [0.3, 0.4) is 0 Å². The van der Waals surface area contributed by atoms with Crippen LogP contribution in [0.2, 0.25) is 5.02 Å². The number of rotatable bonds is 4. The van der Waals surface area contributed by atoms with Gasteiger partial charge in [0.1, 0.15) is 0 Å². The van der Waals surface area contributed by atoms with Crippen molar-refractivity contribution < 1.29 is 0 Å². The maximum atomic E-state index is 6.05. The van der Waals surface area contributed by atoms with Gasteiger partial charge in [0, 0.05) is 16.1 Å². The number of nitrogens with zero attached hydrogens (tertiary/aromatic N) is 4. The van der Waals surface area contributed by atoms with E-state index in [1.165, 1.54) is 0 Å². The van der Waals surface area contributed by atoms with E-state index in [2.05, 4.69) is 25.7 Å². The number of aromatic nitrogens is 3. The molecule has 5 nitrogen and oxygen atoms in total. The molecule has 0 fully saturated rings. The topological polar surface area (TPSA) is 63.1 Å². The molecular formula is C16H12ClN5. The molecule has 0 amide bonds. The second kappa shape index (κ2) is 6.78. The van der Waals surface area contributed by atoms with Gasteiger partial charge in [-0.15, -0.1) is 5.10 Å². The molecule has 108 valence electrons. The molecule has 0 aliphatic rings. The summed E-state index contributed by atoms with van der Waals surface area (Å²) in [6.45, 7) is 0. The van der Waals surface area contributed by atoms with Crippen molar-refractivity contribution in [3.63, 3.8) is 0 Å². The molecule has 0 atom stereocenters. The summed E-state index contributed by atoms with van der Waals surface area (Å²) < 4.78 is 0. The highest BCUT2D eigenvalue weighted by Gasteiger charge is 2.02. The van der Waals surface area contributed by atoms with Crippen LogP contribution in [0, 0.1) is 0 Å². The van der Waals surface area contributed by atoms with E-state index in [-0.39, 0.29) is 0 Å². The zero-order valence-electron chi connectivity index (χ0n) is 11.5. The van der Waals surface area contributed by atoms with Crippen LogP contribution in [0.4, 0.5) is 5.95 Å². The predicted molar refractivity (Wildman–Crippen MR) is 87.9 cm³/mol. The molecule has 3 aromatic rings. The Kier molecular flexibility index (Phi) is 4.36. The Bertz CT molecular complexity index is 789. The lowest BCUT2D eigenvalue weighted by Crippen LogP contribution is -2.00. The monoisotopic (exact) mass is 309 g/mol. The number of anilines is 1. The van der Waals surface area contributed by atoms with Gasteiger partial charge in [-0.2, -0.15) is 10.2 Å². The Hall–Kier alpha value is -2.79. The van der Waals surface area contributed by atoms with E-state index < -0.39 is 0 Å². The fraction of sp³-hybridized carbons (Fsp3) is 0. The van der Waals surface area contributed by atoms with Crippen molar-refractivity contribution >= 4 is 23.8 Å². The van der Waals surface area contributed by atoms with Crippen LogP contribution in [0.15, 0.2) is 65.9 Å². The lowest BCUT2D eigenvalue weighted by Gasteiger charge is -2.02. The van der Waals surface area contributed by atoms with Gasteiger partial charge in [-0.1, -0.05) is 60.1 Å². The van der Waals surface area contributed by atoms with Gasteiger partial charge in [-0.25, -0.2) is 10.4 Å². The highest BCUT2D eigenvalue weighted by molar-refractivity contribution is 6.33. The average molecular weight is 310 g/mol. The van der Waals surface area contributed by atoms with Crippen LogP contribution >= 0.6 is 11.6 Å². The minimum atomic E-state index is 0.324. The third-order valence-electron chi connectivity index (χ3n) is 2.90. The van der Waals surface area contributed by atoms with E-state index in [4.69, 9.17) is 11.6 Å². The first kappa shape index (κ1) is 14.2. The second-order valence-electron chi connectivity index (χ2n) is 4.42. The highest BCUT2D eigenvalue weighted by Crippen LogP contribution is 2.16. The number of benzene rings is 2. The van der Waals surface area contributed by atoms with Gasteiger partial charge in [0.15, 0.2) is 0 Å². The van der Waals surface area contributed by atoms with E-state index in [9.17, 15) is 0 Å². The summed E-state index contributed by atoms with van der Waals surface area (Å²) in [5, 5.41) is 12.5. The molecular weight excluding hydrogens is 298 g/mol. The molecule has 1 heterocycles. The van der Waals surface area contributed by atoms with Gasteiger partial charge in [-0.05, 0) is 6.07 Å². The fourth-order valence-electron chi connectivity index (χ4n) is 1.84. The van der Waals surface area contributed by atoms with E-state index in [0.717, 1.165) is 16.8 Å². The fourth-order valence-corrected chi connectivity index (χ4v) is 2.02. The van der Waals surface area contributed by atoms with Crippen molar-refractivity contribution in [1.29, 1.82) is 0 Å². The number of hydrazone groups is 1. The SMILES string of the molecule is Clc1ccccc1C=NNc1nncc(-c2ccccc2)n1. The van der Waals surface area contributed by atoms with E-state index in [1.54, 1.807) is 18.5 Å².